The predicted octanol–water partition coefficient (Wildman–Crippen LogP) is 1.91. The van der Waals surface area contributed by atoms with Crippen molar-refractivity contribution in [2.75, 3.05) is 5.32 Å². The molecular formula is C14H11N5O2. The number of aromatic nitrogens is 4. The Morgan fingerprint density at radius 3 is 3.00 bits per heavy atom. The van der Waals surface area contributed by atoms with Gasteiger partial charge in [-0.25, -0.2) is 4.68 Å². The molecule has 0 aliphatic heterocycles. The molecule has 3 rings (SSSR count). The summed E-state index contributed by atoms with van der Waals surface area (Å²) in [5.74, 6) is 0.368. The summed E-state index contributed by atoms with van der Waals surface area (Å²) in [6.07, 6.45) is 6.04. The lowest BCUT2D eigenvalue weighted by Crippen LogP contribution is -2.08. The molecule has 0 bridgehead atoms. The Labute approximate surface area is 119 Å². The zero-order valence-corrected chi connectivity index (χ0v) is 10.9. The third-order valence-electron chi connectivity index (χ3n) is 2.67. The van der Waals surface area contributed by atoms with Gasteiger partial charge in [0.05, 0.1) is 12.0 Å². The SMILES string of the molecule is O=C(C=Cc1ccco1)Nc1cccc(-n2cnnn2)c1. The summed E-state index contributed by atoms with van der Waals surface area (Å²) in [4.78, 5) is 11.8. The normalized spacial score (nSPS) is 10.9. The second-order valence-electron chi connectivity index (χ2n) is 4.14. The average Bonchev–Trinajstić information content (AvgIpc) is 3.19. The molecular weight excluding hydrogens is 270 g/mol. The summed E-state index contributed by atoms with van der Waals surface area (Å²) in [7, 11) is 0. The molecule has 0 atom stereocenters. The number of anilines is 1. The molecule has 0 unspecified atom stereocenters. The lowest BCUT2D eigenvalue weighted by molar-refractivity contribution is -0.111. The van der Waals surface area contributed by atoms with Gasteiger partial charge < -0.3 is 9.73 Å². The van der Waals surface area contributed by atoms with Crippen molar-refractivity contribution in [3.05, 3.63) is 60.8 Å². The minimum absolute atomic E-state index is 0.250. The number of amides is 1. The minimum Gasteiger partial charge on any atom is -0.465 e. The van der Waals surface area contributed by atoms with Gasteiger partial charge in [0.15, 0.2) is 0 Å². The number of carbonyl (C=O) groups excluding carboxylic acids is 1. The van der Waals surface area contributed by atoms with Crippen LogP contribution in [0.2, 0.25) is 0 Å². The maximum absolute atomic E-state index is 11.8. The summed E-state index contributed by atoms with van der Waals surface area (Å²) in [5.41, 5.74) is 1.41. The number of nitrogens with zero attached hydrogens (tertiary/aromatic N) is 4. The van der Waals surface area contributed by atoms with Gasteiger partial charge in [0.1, 0.15) is 12.1 Å². The number of tetrazole rings is 1. The molecule has 7 nitrogen and oxygen atoms in total. The number of hydrogen-bond acceptors (Lipinski definition) is 5. The van der Waals surface area contributed by atoms with Crippen LogP contribution in [0.4, 0.5) is 5.69 Å². The molecule has 3 aromatic rings. The molecule has 21 heavy (non-hydrogen) atoms. The number of furan rings is 1. The fraction of sp³-hybridized carbons (Fsp3) is 0. The minimum atomic E-state index is -0.250. The first-order valence-corrected chi connectivity index (χ1v) is 6.17. The highest BCUT2D eigenvalue weighted by molar-refractivity contribution is 6.01. The van der Waals surface area contributed by atoms with E-state index in [-0.39, 0.29) is 5.91 Å². The molecule has 104 valence electrons. The molecule has 2 heterocycles. The number of carbonyl (C=O) groups is 1. The third kappa shape index (κ3) is 3.21. The number of rotatable bonds is 4. The van der Waals surface area contributed by atoms with Crippen molar-refractivity contribution in [3.8, 4) is 5.69 Å². The number of nitrogens with one attached hydrogen (secondary N) is 1. The van der Waals surface area contributed by atoms with Crippen LogP contribution in [0, 0.1) is 0 Å². The standard InChI is InChI=1S/C14H11N5O2/c20-14(7-6-13-5-2-8-21-13)16-11-3-1-4-12(9-11)19-10-15-17-18-19/h1-10H,(H,16,20). The molecule has 0 saturated heterocycles. The van der Waals surface area contributed by atoms with Crippen LogP contribution in [0.25, 0.3) is 11.8 Å². The van der Waals surface area contributed by atoms with Gasteiger partial charge in [-0.3, -0.25) is 4.79 Å². The zero-order chi connectivity index (χ0) is 14.5. The number of benzene rings is 1. The van der Waals surface area contributed by atoms with Crippen molar-refractivity contribution in [1.29, 1.82) is 0 Å². The van der Waals surface area contributed by atoms with E-state index in [0.717, 1.165) is 5.69 Å². The van der Waals surface area contributed by atoms with E-state index in [9.17, 15) is 4.79 Å². The molecule has 2 aromatic heterocycles. The molecule has 0 aliphatic carbocycles. The van der Waals surface area contributed by atoms with Crippen molar-refractivity contribution in [2.45, 2.75) is 0 Å². The van der Waals surface area contributed by atoms with Crippen LogP contribution >= 0.6 is 0 Å². The van der Waals surface area contributed by atoms with E-state index in [4.69, 9.17) is 4.42 Å². The van der Waals surface area contributed by atoms with Gasteiger partial charge in [-0.15, -0.1) is 5.10 Å². The maximum Gasteiger partial charge on any atom is 0.248 e. The van der Waals surface area contributed by atoms with Gasteiger partial charge in [-0.05, 0) is 46.8 Å². The van der Waals surface area contributed by atoms with Gasteiger partial charge in [0.25, 0.3) is 0 Å². The lowest BCUT2D eigenvalue weighted by Gasteiger charge is -2.04. The predicted molar refractivity (Wildman–Crippen MR) is 75.5 cm³/mol. The molecule has 0 aliphatic rings. The van der Waals surface area contributed by atoms with E-state index in [2.05, 4.69) is 20.8 Å². The summed E-state index contributed by atoms with van der Waals surface area (Å²) >= 11 is 0. The second kappa shape index (κ2) is 5.83. The lowest BCUT2D eigenvalue weighted by atomic mass is 10.2. The Bertz CT molecular complexity index is 748. The molecule has 1 N–H and O–H groups in total. The molecule has 0 saturated carbocycles. The van der Waals surface area contributed by atoms with Crippen molar-refractivity contribution >= 4 is 17.7 Å². The fourth-order valence-corrected chi connectivity index (χ4v) is 1.73. The largest absolute Gasteiger partial charge is 0.465 e. The highest BCUT2D eigenvalue weighted by Crippen LogP contribution is 2.13. The first-order valence-electron chi connectivity index (χ1n) is 6.17. The Morgan fingerprint density at radius 2 is 2.24 bits per heavy atom. The van der Waals surface area contributed by atoms with Crippen LogP contribution in [-0.2, 0) is 4.79 Å². The van der Waals surface area contributed by atoms with Crippen LogP contribution in [0.15, 0.2) is 59.5 Å². The van der Waals surface area contributed by atoms with E-state index in [0.29, 0.717) is 11.4 Å². The smallest absolute Gasteiger partial charge is 0.248 e. The highest BCUT2D eigenvalue weighted by atomic mass is 16.3. The summed E-state index contributed by atoms with van der Waals surface area (Å²) in [5, 5.41) is 13.7. The fourth-order valence-electron chi connectivity index (χ4n) is 1.73. The van der Waals surface area contributed by atoms with Crippen LogP contribution in [0.5, 0.6) is 0 Å². The van der Waals surface area contributed by atoms with Crippen molar-refractivity contribution in [3.63, 3.8) is 0 Å². The molecule has 1 aromatic carbocycles. The van der Waals surface area contributed by atoms with Crippen LogP contribution in [0.3, 0.4) is 0 Å². The summed E-state index contributed by atoms with van der Waals surface area (Å²) in [6.45, 7) is 0. The van der Waals surface area contributed by atoms with Gasteiger partial charge in [0.2, 0.25) is 5.91 Å². The molecule has 1 amide bonds. The maximum atomic E-state index is 11.8. The van der Waals surface area contributed by atoms with E-state index in [1.807, 2.05) is 12.1 Å². The van der Waals surface area contributed by atoms with Crippen LogP contribution < -0.4 is 5.32 Å². The average molecular weight is 281 g/mol. The van der Waals surface area contributed by atoms with Crippen molar-refractivity contribution < 1.29 is 9.21 Å². The molecule has 7 heteroatoms. The third-order valence-corrected chi connectivity index (χ3v) is 2.67. The monoisotopic (exact) mass is 281 g/mol. The van der Waals surface area contributed by atoms with Gasteiger partial charge >= 0.3 is 0 Å². The molecule has 0 fully saturated rings. The Kier molecular flexibility index (Phi) is 3.55. The van der Waals surface area contributed by atoms with E-state index >= 15 is 0 Å². The summed E-state index contributed by atoms with van der Waals surface area (Å²) in [6, 6.07) is 10.7. The van der Waals surface area contributed by atoms with Crippen molar-refractivity contribution in [2.24, 2.45) is 0 Å². The first kappa shape index (κ1) is 12.8. The topological polar surface area (TPSA) is 85.8 Å². The van der Waals surface area contributed by atoms with Crippen molar-refractivity contribution in [1.82, 2.24) is 20.2 Å². The highest BCUT2D eigenvalue weighted by Gasteiger charge is 2.02. The quantitative estimate of drug-likeness (QED) is 0.738. The Morgan fingerprint density at radius 1 is 1.29 bits per heavy atom. The zero-order valence-electron chi connectivity index (χ0n) is 10.9. The molecule has 0 spiro atoms. The Balaban J connectivity index is 1.70. The number of hydrogen-bond donors (Lipinski definition) is 1. The van der Waals surface area contributed by atoms with Gasteiger partial charge in [0, 0.05) is 11.8 Å². The second-order valence-corrected chi connectivity index (χ2v) is 4.14. The first-order chi connectivity index (χ1) is 10.3. The van der Waals surface area contributed by atoms with Crippen LogP contribution in [-0.4, -0.2) is 26.1 Å². The summed E-state index contributed by atoms with van der Waals surface area (Å²) < 4.78 is 6.62. The van der Waals surface area contributed by atoms with Gasteiger partial charge in [-0.2, -0.15) is 0 Å². The van der Waals surface area contributed by atoms with E-state index < -0.39 is 0 Å². The van der Waals surface area contributed by atoms with Crippen LogP contribution in [0.1, 0.15) is 5.76 Å². The van der Waals surface area contributed by atoms with E-state index in [1.54, 1.807) is 36.6 Å². The Hall–Kier alpha value is -3.22. The van der Waals surface area contributed by atoms with E-state index in [1.165, 1.54) is 17.1 Å². The molecule has 0 radical (unpaired) electrons. The van der Waals surface area contributed by atoms with Gasteiger partial charge in [-0.1, -0.05) is 6.07 Å².